The highest BCUT2D eigenvalue weighted by Gasteiger charge is 2.18. The lowest BCUT2D eigenvalue weighted by Gasteiger charge is -2.07. The van der Waals surface area contributed by atoms with Crippen LogP contribution in [0.3, 0.4) is 0 Å². The van der Waals surface area contributed by atoms with E-state index in [1.165, 1.54) is 25.3 Å². The number of hydrogen-bond acceptors (Lipinski definition) is 7. The van der Waals surface area contributed by atoms with Gasteiger partial charge in [-0.2, -0.15) is 0 Å². The second-order valence-corrected chi connectivity index (χ2v) is 6.74. The molecule has 27 heavy (non-hydrogen) atoms. The lowest BCUT2D eigenvalue weighted by Crippen LogP contribution is -2.11. The number of fused-ring (bicyclic) bond motifs is 1. The Kier molecular flexibility index (Phi) is 5.43. The van der Waals surface area contributed by atoms with Crippen molar-refractivity contribution >= 4 is 49.9 Å². The number of thiazole rings is 1. The van der Waals surface area contributed by atoms with Crippen molar-refractivity contribution in [3.63, 3.8) is 0 Å². The molecule has 0 saturated carbocycles. The van der Waals surface area contributed by atoms with Gasteiger partial charge in [0, 0.05) is 11.6 Å². The molecular weight excluding hydrogens is 394 g/mol. The number of aromatic nitrogens is 1. The molecule has 0 atom stereocenters. The van der Waals surface area contributed by atoms with E-state index in [4.69, 9.17) is 21.1 Å². The highest BCUT2D eigenvalue weighted by Crippen LogP contribution is 2.36. The smallest absolute Gasteiger partial charge is 0.274 e. The summed E-state index contributed by atoms with van der Waals surface area (Å²) >= 11 is 7.22. The number of nitro benzene ring substituents is 1. The number of halogens is 1. The molecule has 3 aromatic rings. The zero-order chi connectivity index (χ0) is 19.6. The van der Waals surface area contributed by atoms with Crippen LogP contribution in [0.5, 0.6) is 11.5 Å². The second kappa shape index (κ2) is 7.77. The van der Waals surface area contributed by atoms with Gasteiger partial charge in [0.25, 0.3) is 11.6 Å². The molecule has 0 radical (unpaired) electrons. The van der Waals surface area contributed by atoms with Crippen LogP contribution in [-0.4, -0.2) is 29.5 Å². The van der Waals surface area contributed by atoms with Crippen molar-refractivity contribution in [1.82, 2.24) is 4.98 Å². The molecule has 0 aliphatic carbocycles. The average molecular weight is 408 g/mol. The minimum Gasteiger partial charge on any atom is -0.494 e. The van der Waals surface area contributed by atoms with Gasteiger partial charge in [0.1, 0.15) is 11.3 Å². The molecule has 0 fully saturated rings. The van der Waals surface area contributed by atoms with Crippen LogP contribution in [0.1, 0.15) is 17.3 Å². The fourth-order valence-corrected chi connectivity index (χ4v) is 3.53. The van der Waals surface area contributed by atoms with Gasteiger partial charge in [-0.1, -0.05) is 22.9 Å². The van der Waals surface area contributed by atoms with Crippen molar-refractivity contribution in [1.29, 1.82) is 0 Å². The first-order valence-corrected chi connectivity index (χ1v) is 8.99. The maximum atomic E-state index is 12.5. The van der Waals surface area contributed by atoms with Crippen molar-refractivity contribution in [3.8, 4) is 11.5 Å². The Bertz CT molecular complexity index is 1040. The normalized spacial score (nSPS) is 10.6. The van der Waals surface area contributed by atoms with Gasteiger partial charge in [-0.05, 0) is 25.1 Å². The predicted molar refractivity (Wildman–Crippen MR) is 103 cm³/mol. The van der Waals surface area contributed by atoms with E-state index in [0.717, 1.165) is 11.3 Å². The Labute approximate surface area is 162 Å². The van der Waals surface area contributed by atoms with Crippen LogP contribution in [0.15, 0.2) is 30.3 Å². The van der Waals surface area contributed by atoms with E-state index < -0.39 is 10.8 Å². The summed E-state index contributed by atoms with van der Waals surface area (Å²) in [6, 6.07) is 7.38. The van der Waals surface area contributed by atoms with E-state index in [1.807, 2.05) is 6.92 Å². The van der Waals surface area contributed by atoms with Crippen LogP contribution in [0.2, 0.25) is 5.02 Å². The van der Waals surface area contributed by atoms with Gasteiger partial charge >= 0.3 is 0 Å². The number of benzene rings is 2. The third-order valence-electron chi connectivity index (χ3n) is 3.59. The standard InChI is InChI=1S/C17H14ClN3O5S/c1-3-26-12-5-4-9(6-11(12)18)16(22)20-17-19-15-13(25-2)7-10(21(23)24)8-14(15)27-17/h4-8H,3H2,1-2H3,(H,19,20,22). The SMILES string of the molecule is CCOc1ccc(C(=O)Nc2nc3c(OC)cc([N+](=O)[O-])cc3s2)cc1Cl. The largest absolute Gasteiger partial charge is 0.494 e. The number of ether oxygens (including phenoxy) is 2. The molecule has 1 N–H and O–H groups in total. The van der Waals surface area contributed by atoms with Crippen LogP contribution in [0.25, 0.3) is 10.2 Å². The van der Waals surface area contributed by atoms with Gasteiger partial charge in [0.05, 0.1) is 34.4 Å². The zero-order valence-corrected chi connectivity index (χ0v) is 15.9. The predicted octanol–water partition coefficient (Wildman–Crippen LogP) is 4.52. The number of carbonyl (C=O) groups is 1. The van der Waals surface area contributed by atoms with Gasteiger partial charge in [-0.15, -0.1) is 0 Å². The van der Waals surface area contributed by atoms with E-state index in [9.17, 15) is 14.9 Å². The molecule has 1 amide bonds. The number of nitro groups is 1. The second-order valence-electron chi connectivity index (χ2n) is 5.30. The summed E-state index contributed by atoms with van der Waals surface area (Å²) in [7, 11) is 1.40. The molecule has 0 bridgehead atoms. The quantitative estimate of drug-likeness (QED) is 0.476. The molecule has 10 heteroatoms. The third-order valence-corrected chi connectivity index (χ3v) is 4.80. The van der Waals surface area contributed by atoms with Crippen LogP contribution in [-0.2, 0) is 0 Å². The van der Waals surface area contributed by atoms with Crippen molar-refractivity contribution in [3.05, 3.63) is 51.0 Å². The summed E-state index contributed by atoms with van der Waals surface area (Å²) in [5, 5.41) is 14.3. The van der Waals surface area contributed by atoms with E-state index in [2.05, 4.69) is 10.3 Å². The number of nitrogens with zero attached hydrogens (tertiary/aromatic N) is 2. The van der Waals surface area contributed by atoms with E-state index in [0.29, 0.717) is 38.3 Å². The summed E-state index contributed by atoms with van der Waals surface area (Å²) in [6.07, 6.45) is 0. The highest BCUT2D eigenvalue weighted by molar-refractivity contribution is 7.22. The number of amides is 1. The molecule has 0 unspecified atom stereocenters. The Morgan fingerprint density at radius 2 is 2.11 bits per heavy atom. The van der Waals surface area contributed by atoms with Gasteiger partial charge < -0.3 is 9.47 Å². The summed E-state index contributed by atoms with van der Waals surface area (Å²) in [5.41, 5.74) is 0.660. The number of rotatable bonds is 6. The Morgan fingerprint density at radius 3 is 2.74 bits per heavy atom. The maximum Gasteiger partial charge on any atom is 0.274 e. The fourth-order valence-electron chi connectivity index (χ4n) is 2.38. The summed E-state index contributed by atoms with van der Waals surface area (Å²) in [6.45, 7) is 2.30. The lowest BCUT2D eigenvalue weighted by molar-refractivity contribution is -0.384. The summed E-state index contributed by atoms with van der Waals surface area (Å²) < 4.78 is 11.0. The van der Waals surface area contributed by atoms with Gasteiger partial charge in [0.2, 0.25) is 0 Å². The van der Waals surface area contributed by atoms with Crippen molar-refractivity contribution in [2.24, 2.45) is 0 Å². The highest BCUT2D eigenvalue weighted by atomic mass is 35.5. The van der Waals surface area contributed by atoms with Crippen LogP contribution in [0, 0.1) is 10.1 Å². The monoisotopic (exact) mass is 407 g/mol. The number of anilines is 1. The van der Waals surface area contributed by atoms with Crippen LogP contribution < -0.4 is 14.8 Å². The summed E-state index contributed by atoms with van der Waals surface area (Å²) in [5.74, 6) is 0.347. The first-order valence-electron chi connectivity index (χ1n) is 7.79. The Balaban J connectivity index is 1.89. The number of hydrogen-bond donors (Lipinski definition) is 1. The third kappa shape index (κ3) is 3.93. The van der Waals surface area contributed by atoms with Gasteiger partial charge in [0.15, 0.2) is 10.9 Å². The molecule has 140 valence electrons. The number of carbonyl (C=O) groups excluding carboxylic acids is 1. The molecule has 8 nitrogen and oxygen atoms in total. The zero-order valence-electron chi connectivity index (χ0n) is 14.3. The van der Waals surface area contributed by atoms with E-state index in [1.54, 1.807) is 12.1 Å². The maximum absolute atomic E-state index is 12.5. The molecule has 0 aliphatic heterocycles. The fraction of sp³-hybridized carbons (Fsp3) is 0.176. The molecule has 1 heterocycles. The molecule has 3 rings (SSSR count). The van der Waals surface area contributed by atoms with E-state index >= 15 is 0 Å². The van der Waals surface area contributed by atoms with Gasteiger partial charge in [-0.3, -0.25) is 20.2 Å². The van der Waals surface area contributed by atoms with Crippen molar-refractivity contribution < 1.29 is 19.2 Å². The molecule has 0 saturated heterocycles. The Hall–Kier alpha value is -2.91. The Morgan fingerprint density at radius 1 is 1.33 bits per heavy atom. The number of nitrogens with one attached hydrogen (secondary N) is 1. The first kappa shape index (κ1) is 18.9. The molecule has 0 aliphatic rings. The van der Waals surface area contributed by atoms with Crippen molar-refractivity contribution in [2.75, 3.05) is 19.0 Å². The van der Waals surface area contributed by atoms with Crippen molar-refractivity contribution in [2.45, 2.75) is 6.92 Å². The molecular formula is C17H14ClN3O5S. The molecule has 2 aromatic carbocycles. The lowest BCUT2D eigenvalue weighted by atomic mass is 10.2. The van der Waals surface area contributed by atoms with Gasteiger partial charge in [-0.25, -0.2) is 4.98 Å². The topological polar surface area (TPSA) is 104 Å². The van der Waals surface area contributed by atoms with Crippen LogP contribution in [0.4, 0.5) is 10.8 Å². The minimum absolute atomic E-state index is 0.112. The minimum atomic E-state index is -0.512. The molecule has 0 spiro atoms. The van der Waals surface area contributed by atoms with Crippen LogP contribution >= 0.6 is 22.9 Å². The number of non-ortho nitro benzene ring substituents is 1. The summed E-state index contributed by atoms with van der Waals surface area (Å²) in [4.78, 5) is 27.3. The molecule has 1 aromatic heterocycles. The average Bonchev–Trinajstić information content (AvgIpc) is 3.04. The van der Waals surface area contributed by atoms with E-state index in [-0.39, 0.29) is 11.4 Å². The number of methoxy groups -OCH3 is 1. The first-order chi connectivity index (χ1) is 12.9.